The normalized spacial score (nSPS) is 17.3. The van der Waals surface area contributed by atoms with Crippen molar-refractivity contribution in [3.63, 3.8) is 0 Å². The van der Waals surface area contributed by atoms with E-state index in [9.17, 15) is 9.59 Å². The molecule has 0 spiro atoms. The molecule has 2 heterocycles. The van der Waals surface area contributed by atoms with Crippen LogP contribution in [0.4, 0.5) is 5.69 Å². The van der Waals surface area contributed by atoms with Crippen LogP contribution < -0.4 is 5.32 Å². The van der Waals surface area contributed by atoms with Gasteiger partial charge in [-0.2, -0.15) is 0 Å². The molecule has 6 heteroatoms. The standard InChI is InChI=1S/C27H33N3O3/c1-18-7-9-22(21(4)16-18)24-25(28-23-17-19(2)6-8-20(23)3)27(32)30(26(24)31)11-5-10-29-12-14-33-15-13-29/h6-9,16-17,28H,5,10-15H2,1-4H3. The van der Waals surface area contributed by atoms with Gasteiger partial charge >= 0.3 is 0 Å². The van der Waals surface area contributed by atoms with Crippen molar-refractivity contribution < 1.29 is 14.3 Å². The first kappa shape index (κ1) is 23.2. The molecule has 0 bridgehead atoms. The number of hydrogen-bond acceptors (Lipinski definition) is 5. The van der Waals surface area contributed by atoms with Crippen molar-refractivity contribution in [1.29, 1.82) is 0 Å². The topological polar surface area (TPSA) is 61.9 Å². The Morgan fingerprint density at radius 3 is 2.27 bits per heavy atom. The number of imide groups is 1. The largest absolute Gasteiger partial charge is 0.379 e. The number of amides is 2. The Balaban J connectivity index is 1.63. The lowest BCUT2D eigenvalue weighted by Crippen LogP contribution is -2.39. The summed E-state index contributed by atoms with van der Waals surface area (Å²) in [5.41, 5.74) is 6.72. The number of aryl methyl sites for hydroxylation is 4. The highest BCUT2D eigenvalue weighted by Crippen LogP contribution is 2.33. The fourth-order valence-corrected chi connectivity index (χ4v) is 4.52. The molecular formula is C27H33N3O3. The average Bonchev–Trinajstić information content (AvgIpc) is 3.01. The summed E-state index contributed by atoms with van der Waals surface area (Å²) in [4.78, 5) is 30.8. The second-order valence-corrected chi connectivity index (χ2v) is 9.08. The number of carbonyl (C=O) groups is 2. The van der Waals surface area contributed by atoms with E-state index in [1.807, 2.05) is 58.0 Å². The van der Waals surface area contributed by atoms with Crippen LogP contribution in [0, 0.1) is 27.7 Å². The van der Waals surface area contributed by atoms with Gasteiger partial charge in [0.25, 0.3) is 11.8 Å². The van der Waals surface area contributed by atoms with E-state index in [0.29, 0.717) is 17.8 Å². The molecule has 1 saturated heterocycles. The number of benzene rings is 2. The third kappa shape index (κ3) is 5.02. The van der Waals surface area contributed by atoms with Gasteiger partial charge in [-0.15, -0.1) is 0 Å². The minimum atomic E-state index is -0.252. The van der Waals surface area contributed by atoms with Crippen LogP contribution in [0.25, 0.3) is 5.57 Å². The van der Waals surface area contributed by atoms with E-state index in [0.717, 1.165) is 72.8 Å². The molecule has 2 aromatic rings. The van der Waals surface area contributed by atoms with Gasteiger partial charge in [-0.3, -0.25) is 19.4 Å². The predicted octanol–water partition coefficient (Wildman–Crippen LogP) is 3.83. The molecule has 2 amide bonds. The lowest BCUT2D eigenvalue weighted by atomic mass is 9.97. The molecule has 1 N–H and O–H groups in total. The third-order valence-corrected chi connectivity index (χ3v) is 6.43. The van der Waals surface area contributed by atoms with Gasteiger partial charge in [0.15, 0.2) is 0 Å². The first-order valence-corrected chi connectivity index (χ1v) is 11.7. The second-order valence-electron chi connectivity index (χ2n) is 9.08. The summed E-state index contributed by atoms with van der Waals surface area (Å²) in [6, 6.07) is 12.1. The van der Waals surface area contributed by atoms with Crippen LogP contribution >= 0.6 is 0 Å². The van der Waals surface area contributed by atoms with Gasteiger partial charge in [0, 0.05) is 31.9 Å². The van der Waals surface area contributed by atoms with Crippen LogP contribution in [-0.2, 0) is 14.3 Å². The summed E-state index contributed by atoms with van der Waals surface area (Å²) in [7, 11) is 0. The van der Waals surface area contributed by atoms with Crippen LogP contribution in [0.5, 0.6) is 0 Å². The molecule has 0 unspecified atom stereocenters. The van der Waals surface area contributed by atoms with E-state index in [1.165, 1.54) is 4.90 Å². The maximum Gasteiger partial charge on any atom is 0.278 e. The molecule has 174 valence electrons. The highest BCUT2D eigenvalue weighted by molar-refractivity contribution is 6.36. The molecule has 2 aromatic carbocycles. The third-order valence-electron chi connectivity index (χ3n) is 6.43. The van der Waals surface area contributed by atoms with Crippen LogP contribution in [0.15, 0.2) is 42.1 Å². The Morgan fingerprint density at radius 2 is 1.55 bits per heavy atom. The Labute approximate surface area is 196 Å². The van der Waals surface area contributed by atoms with Gasteiger partial charge < -0.3 is 10.1 Å². The highest BCUT2D eigenvalue weighted by atomic mass is 16.5. The molecule has 0 radical (unpaired) electrons. The Bertz CT molecular complexity index is 1100. The van der Waals surface area contributed by atoms with E-state index < -0.39 is 0 Å². The Hall–Kier alpha value is -2.96. The molecule has 4 rings (SSSR count). The second kappa shape index (κ2) is 9.89. The first-order valence-electron chi connectivity index (χ1n) is 11.7. The summed E-state index contributed by atoms with van der Waals surface area (Å²) in [6.07, 6.45) is 0.744. The molecule has 6 nitrogen and oxygen atoms in total. The van der Waals surface area contributed by atoms with Crippen molar-refractivity contribution in [2.45, 2.75) is 34.1 Å². The van der Waals surface area contributed by atoms with E-state index in [2.05, 4.69) is 16.3 Å². The Kier molecular flexibility index (Phi) is 6.96. The number of carbonyl (C=O) groups excluding carboxylic acids is 2. The van der Waals surface area contributed by atoms with Gasteiger partial charge in [-0.05, 0) is 62.4 Å². The van der Waals surface area contributed by atoms with E-state index in [4.69, 9.17) is 4.74 Å². The van der Waals surface area contributed by atoms with Gasteiger partial charge in [0.05, 0.1) is 18.8 Å². The van der Waals surface area contributed by atoms with Gasteiger partial charge in [-0.25, -0.2) is 0 Å². The summed E-state index contributed by atoms with van der Waals surface area (Å²) in [6.45, 7) is 12.6. The van der Waals surface area contributed by atoms with Gasteiger partial charge in [0.1, 0.15) is 5.70 Å². The number of nitrogens with zero attached hydrogens (tertiary/aromatic N) is 2. The highest BCUT2D eigenvalue weighted by Gasteiger charge is 2.39. The van der Waals surface area contributed by atoms with Crippen molar-refractivity contribution in [2.24, 2.45) is 0 Å². The van der Waals surface area contributed by atoms with Crippen LogP contribution in [-0.4, -0.2) is 61.0 Å². The Morgan fingerprint density at radius 1 is 0.848 bits per heavy atom. The summed E-state index contributed by atoms with van der Waals surface area (Å²) in [5, 5.41) is 3.33. The quantitative estimate of drug-likeness (QED) is 0.654. The van der Waals surface area contributed by atoms with Crippen molar-refractivity contribution in [1.82, 2.24) is 9.80 Å². The first-order chi connectivity index (χ1) is 15.8. The lowest BCUT2D eigenvalue weighted by molar-refractivity contribution is -0.136. The fourth-order valence-electron chi connectivity index (χ4n) is 4.52. The van der Waals surface area contributed by atoms with E-state index in [1.54, 1.807) is 0 Å². The monoisotopic (exact) mass is 447 g/mol. The maximum absolute atomic E-state index is 13.6. The minimum absolute atomic E-state index is 0.221. The minimum Gasteiger partial charge on any atom is -0.379 e. The van der Waals surface area contributed by atoms with E-state index in [-0.39, 0.29) is 11.8 Å². The zero-order valence-corrected chi connectivity index (χ0v) is 20.0. The van der Waals surface area contributed by atoms with Gasteiger partial charge in [0.2, 0.25) is 0 Å². The molecule has 0 atom stereocenters. The zero-order valence-electron chi connectivity index (χ0n) is 20.0. The fraction of sp³-hybridized carbons (Fsp3) is 0.407. The van der Waals surface area contributed by atoms with Crippen molar-refractivity contribution >= 4 is 23.1 Å². The molecule has 33 heavy (non-hydrogen) atoms. The van der Waals surface area contributed by atoms with Crippen LogP contribution in [0.2, 0.25) is 0 Å². The molecule has 2 aliphatic heterocycles. The molecule has 1 fully saturated rings. The molecule has 0 saturated carbocycles. The predicted molar refractivity (Wildman–Crippen MR) is 131 cm³/mol. The van der Waals surface area contributed by atoms with Gasteiger partial charge in [-0.1, -0.05) is 35.9 Å². The van der Waals surface area contributed by atoms with E-state index >= 15 is 0 Å². The average molecular weight is 448 g/mol. The zero-order chi connectivity index (χ0) is 23.5. The summed E-state index contributed by atoms with van der Waals surface area (Å²) >= 11 is 0. The lowest BCUT2D eigenvalue weighted by Gasteiger charge is -2.27. The summed E-state index contributed by atoms with van der Waals surface area (Å²) < 4.78 is 5.41. The smallest absolute Gasteiger partial charge is 0.278 e. The molecule has 0 aliphatic carbocycles. The van der Waals surface area contributed by atoms with Crippen molar-refractivity contribution in [2.75, 3.05) is 44.7 Å². The molecule has 0 aromatic heterocycles. The number of hydrogen-bond donors (Lipinski definition) is 1. The summed E-state index contributed by atoms with van der Waals surface area (Å²) in [5.74, 6) is -0.473. The number of ether oxygens (including phenoxy) is 1. The molecular weight excluding hydrogens is 414 g/mol. The van der Waals surface area contributed by atoms with Crippen LogP contribution in [0.3, 0.4) is 0 Å². The number of anilines is 1. The number of morpholine rings is 1. The SMILES string of the molecule is Cc1ccc(C2=C(Nc3cc(C)ccc3C)C(=O)N(CCCN3CCOCC3)C2=O)c(C)c1. The maximum atomic E-state index is 13.6. The van der Waals surface area contributed by atoms with Crippen molar-refractivity contribution in [3.05, 3.63) is 69.9 Å². The van der Waals surface area contributed by atoms with Crippen molar-refractivity contribution in [3.8, 4) is 0 Å². The number of nitrogens with one attached hydrogen (secondary N) is 1. The van der Waals surface area contributed by atoms with Crippen LogP contribution in [0.1, 0.15) is 34.2 Å². The molecule has 2 aliphatic rings. The number of rotatable bonds is 7.